The summed E-state index contributed by atoms with van der Waals surface area (Å²) >= 11 is 0. The summed E-state index contributed by atoms with van der Waals surface area (Å²) < 4.78 is 0. The molecule has 20 heavy (non-hydrogen) atoms. The van der Waals surface area contributed by atoms with Crippen LogP contribution >= 0.6 is 0 Å². The minimum Gasteiger partial charge on any atom is -0.311 e. The lowest BCUT2D eigenvalue weighted by Crippen LogP contribution is -2.60. The zero-order valence-corrected chi connectivity index (χ0v) is 12.9. The third kappa shape index (κ3) is 3.24. The van der Waals surface area contributed by atoms with Gasteiger partial charge >= 0.3 is 0 Å². The monoisotopic (exact) mass is 272 g/mol. The van der Waals surface area contributed by atoms with Crippen molar-refractivity contribution in [3.63, 3.8) is 0 Å². The van der Waals surface area contributed by atoms with Gasteiger partial charge in [-0.2, -0.15) is 0 Å². The molecule has 1 aromatic rings. The van der Waals surface area contributed by atoms with Crippen LogP contribution in [0.2, 0.25) is 0 Å². The standard InChI is InChI=1S/C18H28N2/c1-3-14(2)20-13-17(11-15-7-5-4-6-8-15)19-12-18(20)16-9-10-16/h4-8,14,16-19H,3,9-13H2,1-2H3. The van der Waals surface area contributed by atoms with Gasteiger partial charge in [-0.3, -0.25) is 4.90 Å². The Balaban J connectivity index is 1.64. The molecule has 3 atom stereocenters. The van der Waals surface area contributed by atoms with E-state index in [2.05, 4.69) is 54.4 Å². The fraction of sp³-hybridized carbons (Fsp3) is 0.667. The van der Waals surface area contributed by atoms with E-state index in [1.807, 2.05) is 0 Å². The molecular formula is C18H28N2. The highest BCUT2D eigenvalue weighted by atomic mass is 15.3. The highest BCUT2D eigenvalue weighted by Crippen LogP contribution is 2.37. The maximum absolute atomic E-state index is 3.81. The van der Waals surface area contributed by atoms with Gasteiger partial charge < -0.3 is 5.32 Å². The zero-order chi connectivity index (χ0) is 13.9. The average Bonchev–Trinajstić information content (AvgIpc) is 3.32. The van der Waals surface area contributed by atoms with E-state index in [1.165, 1.54) is 37.9 Å². The second-order valence-corrected chi connectivity index (χ2v) is 6.65. The van der Waals surface area contributed by atoms with Crippen LogP contribution in [0.5, 0.6) is 0 Å². The Labute approximate surface area is 123 Å². The van der Waals surface area contributed by atoms with Crippen molar-refractivity contribution in [3.05, 3.63) is 35.9 Å². The van der Waals surface area contributed by atoms with Crippen LogP contribution < -0.4 is 5.32 Å². The van der Waals surface area contributed by atoms with Crippen LogP contribution in [0.25, 0.3) is 0 Å². The van der Waals surface area contributed by atoms with E-state index < -0.39 is 0 Å². The Morgan fingerprint density at radius 3 is 2.65 bits per heavy atom. The quantitative estimate of drug-likeness (QED) is 0.886. The number of nitrogens with zero attached hydrogens (tertiary/aromatic N) is 1. The Morgan fingerprint density at radius 2 is 2.00 bits per heavy atom. The average molecular weight is 272 g/mol. The van der Waals surface area contributed by atoms with Gasteiger partial charge in [0.2, 0.25) is 0 Å². The van der Waals surface area contributed by atoms with Gasteiger partial charge in [-0.25, -0.2) is 0 Å². The summed E-state index contributed by atoms with van der Waals surface area (Å²) in [5.41, 5.74) is 1.46. The predicted octanol–water partition coefficient (Wildman–Crippen LogP) is 3.08. The van der Waals surface area contributed by atoms with Crippen LogP contribution in [0.3, 0.4) is 0 Å². The van der Waals surface area contributed by atoms with Crippen LogP contribution in [0.1, 0.15) is 38.7 Å². The molecule has 1 aliphatic heterocycles. The summed E-state index contributed by atoms with van der Waals surface area (Å²) in [6.45, 7) is 7.13. The Bertz CT molecular complexity index is 413. The van der Waals surface area contributed by atoms with Crippen molar-refractivity contribution in [2.24, 2.45) is 5.92 Å². The highest BCUT2D eigenvalue weighted by molar-refractivity contribution is 5.16. The summed E-state index contributed by atoms with van der Waals surface area (Å²) in [5.74, 6) is 0.967. The van der Waals surface area contributed by atoms with Gasteiger partial charge in [0.25, 0.3) is 0 Å². The van der Waals surface area contributed by atoms with Crippen LogP contribution in [0.4, 0.5) is 0 Å². The van der Waals surface area contributed by atoms with Gasteiger partial charge in [0, 0.05) is 31.2 Å². The molecule has 3 rings (SSSR count). The molecule has 2 fully saturated rings. The predicted molar refractivity (Wildman–Crippen MR) is 84.9 cm³/mol. The fourth-order valence-corrected chi connectivity index (χ4v) is 3.55. The molecule has 3 unspecified atom stereocenters. The van der Waals surface area contributed by atoms with Gasteiger partial charge in [0.1, 0.15) is 0 Å². The second kappa shape index (κ2) is 6.28. The number of piperazine rings is 1. The maximum Gasteiger partial charge on any atom is 0.0252 e. The van der Waals surface area contributed by atoms with Crippen LogP contribution in [-0.4, -0.2) is 36.1 Å². The van der Waals surface area contributed by atoms with E-state index in [9.17, 15) is 0 Å². The first-order valence-corrected chi connectivity index (χ1v) is 8.31. The lowest BCUT2D eigenvalue weighted by atomic mass is 9.97. The smallest absolute Gasteiger partial charge is 0.0252 e. The largest absolute Gasteiger partial charge is 0.311 e. The van der Waals surface area contributed by atoms with Crippen LogP contribution in [0, 0.1) is 5.92 Å². The van der Waals surface area contributed by atoms with Gasteiger partial charge in [0.05, 0.1) is 0 Å². The van der Waals surface area contributed by atoms with Crippen molar-refractivity contribution in [3.8, 4) is 0 Å². The number of hydrogen-bond donors (Lipinski definition) is 1. The van der Waals surface area contributed by atoms with Crippen molar-refractivity contribution in [1.29, 1.82) is 0 Å². The molecule has 1 saturated heterocycles. The van der Waals surface area contributed by atoms with Crippen LogP contribution in [0.15, 0.2) is 30.3 Å². The first-order valence-electron chi connectivity index (χ1n) is 8.31. The van der Waals surface area contributed by atoms with E-state index in [0.717, 1.165) is 24.4 Å². The first-order chi connectivity index (χ1) is 9.78. The molecule has 2 nitrogen and oxygen atoms in total. The normalized spacial score (nSPS) is 29.3. The number of nitrogens with one attached hydrogen (secondary N) is 1. The van der Waals surface area contributed by atoms with E-state index >= 15 is 0 Å². The molecule has 1 aliphatic carbocycles. The molecule has 1 aromatic carbocycles. The molecular weight excluding hydrogens is 244 g/mol. The zero-order valence-electron chi connectivity index (χ0n) is 12.9. The fourth-order valence-electron chi connectivity index (χ4n) is 3.55. The molecule has 1 saturated carbocycles. The van der Waals surface area contributed by atoms with E-state index in [1.54, 1.807) is 0 Å². The number of rotatable bonds is 5. The van der Waals surface area contributed by atoms with E-state index in [-0.39, 0.29) is 0 Å². The molecule has 0 amide bonds. The lowest BCUT2D eigenvalue weighted by Gasteiger charge is -2.44. The minimum absolute atomic E-state index is 0.612. The molecule has 2 heteroatoms. The molecule has 2 aliphatic rings. The SMILES string of the molecule is CCC(C)N1CC(Cc2ccccc2)NCC1C1CC1. The minimum atomic E-state index is 0.612. The Kier molecular flexibility index (Phi) is 4.42. The number of benzene rings is 1. The third-order valence-corrected chi connectivity index (χ3v) is 5.12. The second-order valence-electron chi connectivity index (χ2n) is 6.65. The Hall–Kier alpha value is -0.860. The summed E-state index contributed by atoms with van der Waals surface area (Å²) in [7, 11) is 0. The summed E-state index contributed by atoms with van der Waals surface area (Å²) in [6, 6.07) is 13.0. The van der Waals surface area contributed by atoms with Crippen molar-refractivity contribution in [2.75, 3.05) is 13.1 Å². The molecule has 110 valence electrons. The van der Waals surface area contributed by atoms with Crippen LogP contribution in [-0.2, 0) is 6.42 Å². The van der Waals surface area contributed by atoms with E-state index in [4.69, 9.17) is 0 Å². The highest BCUT2D eigenvalue weighted by Gasteiger charge is 2.39. The number of hydrogen-bond acceptors (Lipinski definition) is 2. The van der Waals surface area contributed by atoms with Crippen molar-refractivity contribution < 1.29 is 0 Å². The topological polar surface area (TPSA) is 15.3 Å². The van der Waals surface area contributed by atoms with E-state index in [0.29, 0.717) is 6.04 Å². The van der Waals surface area contributed by atoms with Crippen molar-refractivity contribution in [2.45, 2.75) is 57.7 Å². The first kappa shape index (κ1) is 14.1. The molecule has 0 bridgehead atoms. The Morgan fingerprint density at radius 1 is 1.25 bits per heavy atom. The van der Waals surface area contributed by atoms with Gasteiger partial charge in [-0.15, -0.1) is 0 Å². The molecule has 1 heterocycles. The van der Waals surface area contributed by atoms with Crippen molar-refractivity contribution >= 4 is 0 Å². The van der Waals surface area contributed by atoms with Gasteiger partial charge in [-0.1, -0.05) is 37.3 Å². The van der Waals surface area contributed by atoms with Crippen molar-refractivity contribution in [1.82, 2.24) is 10.2 Å². The summed E-state index contributed by atoms with van der Waals surface area (Å²) in [4.78, 5) is 2.79. The molecule has 0 radical (unpaired) electrons. The third-order valence-electron chi connectivity index (χ3n) is 5.12. The maximum atomic E-state index is 3.81. The summed E-state index contributed by atoms with van der Waals surface area (Å²) in [5, 5.41) is 3.81. The van der Waals surface area contributed by atoms with Gasteiger partial charge in [0.15, 0.2) is 0 Å². The molecule has 0 aromatic heterocycles. The molecule has 1 N–H and O–H groups in total. The summed E-state index contributed by atoms with van der Waals surface area (Å²) in [6.07, 6.45) is 5.32. The lowest BCUT2D eigenvalue weighted by molar-refractivity contribution is 0.0742. The van der Waals surface area contributed by atoms with Gasteiger partial charge in [-0.05, 0) is 44.1 Å². The molecule has 0 spiro atoms.